The van der Waals surface area contributed by atoms with Crippen LogP contribution in [0.5, 0.6) is 0 Å². The topological polar surface area (TPSA) is 92.5 Å². The van der Waals surface area contributed by atoms with Crippen LogP contribution < -0.4 is 5.32 Å². The van der Waals surface area contributed by atoms with Crippen LogP contribution in [0.25, 0.3) is 0 Å². The average molecular weight is 504 g/mol. The lowest BCUT2D eigenvalue weighted by atomic mass is 10.0. The summed E-state index contributed by atoms with van der Waals surface area (Å²) in [6, 6.07) is 9.72. The molecule has 0 bridgehead atoms. The van der Waals surface area contributed by atoms with E-state index in [2.05, 4.69) is 10.5 Å². The van der Waals surface area contributed by atoms with E-state index in [1.54, 1.807) is 38.1 Å². The number of carbonyl (C=O) groups is 1. The Kier molecular flexibility index (Phi) is 7.05. The van der Waals surface area contributed by atoms with Gasteiger partial charge >= 0.3 is 0 Å². The second-order valence-corrected chi connectivity index (χ2v) is 11.0. The van der Waals surface area contributed by atoms with Crippen LogP contribution >= 0.6 is 0 Å². The Balaban J connectivity index is 1.56. The third kappa shape index (κ3) is 4.99. The fraction of sp³-hybridized carbons (Fsp3) is 0.360. The molecule has 3 aromatic rings. The first kappa shape index (κ1) is 25.0. The van der Waals surface area contributed by atoms with Crippen LogP contribution in [0.15, 0.2) is 53.3 Å². The van der Waals surface area contributed by atoms with Crippen molar-refractivity contribution >= 4 is 15.9 Å². The molecular weight excluding hydrogens is 476 g/mol. The molecule has 1 unspecified atom stereocenters. The molecule has 1 fully saturated rings. The Labute approximate surface area is 203 Å². The highest BCUT2D eigenvalue weighted by Gasteiger charge is 2.40. The lowest BCUT2D eigenvalue weighted by Crippen LogP contribution is -2.44. The normalized spacial score (nSPS) is 20.9. The fourth-order valence-corrected chi connectivity index (χ4v) is 6.63. The third-order valence-corrected chi connectivity index (χ3v) is 8.87. The van der Waals surface area contributed by atoms with Crippen molar-refractivity contribution in [1.82, 2.24) is 14.8 Å². The SMILES string of the molecule is Cc1nocc1C(=O)NC(C)c1cc(F)c(CN2[C@H](C)CC[C@@H](c3ccccc3)S2(=O)=O)cc1F. The van der Waals surface area contributed by atoms with Crippen LogP contribution in [0.3, 0.4) is 0 Å². The van der Waals surface area contributed by atoms with Crippen LogP contribution in [0, 0.1) is 18.6 Å². The number of carbonyl (C=O) groups excluding carboxylic acids is 1. The van der Waals surface area contributed by atoms with Gasteiger partial charge in [0.25, 0.3) is 5.91 Å². The number of sulfonamides is 1. The van der Waals surface area contributed by atoms with E-state index < -0.39 is 38.9 Å². The number of halogens is 2. The Morgan fingerprint density at radius 3 is 2.57 bits per heavy atom. The summed E-state index contributed by atoms with van der Waals surface area (Å²) in [7, 11) is -3.79. The van der Waals surface area contributed by atoms with Crippen molar-refractivity contribution in [2.24, 2.45) is 0 Å². The molecular formula is C25H27F2N3O4S. The van der Waals surface area contributed by atoms with Gasteiger partial charge in [0.1, 0.15) is 28.7 Å². The smallest absolute Gasteiger partial charge is 0.256 e. The fourth-order valence-electron chi connectivity index (χ4n) is 4.44. The molecule has 3 atom stereocenters. The van der Waals surface area contributed by atoms with E-state index in [1.807, 2.05) is 6.07 Å². The molecule has 2 heterocycles. The molecule has 2 aromatic carbocycles. The summed E-state index contributed by atoms with van der Waals surface area (Å²) >= 11 is 0. The molecule has 0 aliphatic carbocycles. The molecule has 186 valence electrons. The molecule has 1 aliphatic heterocycles. The number of nitrogens with zero attached hydrogens (tertiary/aromatic N) is 2. The average Bonchev–Trinajstić information content (AvgIpc) is 3.24. The highest BCUT2D eigenvalue weighted by atomic mass is 32.2. The van der Waals surface area contributed by atoms with Gasteiger partial charge in [0.05, 0.1) is 11.7 Å². The maximum atomic E-state index is 15.1. The van der Waals surface area contributed by atoms with Crippen molar-refractivity contribution in [2.45, 2.75) is 57.5 Å². The molecule has 1 N–H and O–H groups in total. The molecule has 0 radical (unpaired) electrons. The van der Waals surface area contributed by atoms with Crippen LogP contribution in [-0.2, 0) is 16.6 Å². The number of aromatic nitrogens is 1. The zero-order valence-corrected chi connectivity index (χ0v) is 20.5. The number of amides is 1. The zero-order valence-electron chi connectivity index (χ0n) is 19.7. The van der Waals surface area contributed by atoms with Gasteiger partial charge < -0.3 is 9.84 Å². The van der Waals surface area contributed by atoms with Gasteiger partial charge in [-0.15, -0.1) is 0 Å². The monoisotopic (exact) mass is 503 g/mol. The second-order valence-electron chi connectivity index (χ2n) is 8.89. The number of hydrogen-bond acceptors (Lipinski definition) is 5. The van der Waals surface area contributed by atoms with E-state index in [1.165, 1.54) is 17.5 Å². The van der Waals surface area contributed by atoms with Gasteiger partial charge in [-0.3, -0.25) is 4.79 Å². The van der Waals surface area contributed by atoms with Crippen molar-refractivity contribution in [3.8, 4) is 0 Å². The summed E-state index contributed by atoms with van der Waals surface area (Å²) < 4.78 is 62.9. The Bertz CT molecular complexity index is 1330. The number of benzene rings is 2. The molecule has 1 aromatic heterocycles. The van der Waals surface area contributed by atoms with Crippen molar-refractivity contribution in [3.63, 3.8) is 0 Å². The standard InChI is InChI=1S/C25H27F2N3O4S/c1-15-9-10-24(18-7-5-4-6-8-18)35(32,33)30(15)13-19-11-23(27)20(12-22(19)26)16(2)28-25(31)21-14-34-29-17(21)3/h4-8,11-12,14-16,24H,9-10,13H2,1-3H3,(H,28,31)/t15-,16?,24+/m1/s1. The van der Waals surface area contributed by atoms with E-state index in [0.29, 0.717) is 24.1 Å². The van der Waals surface area contributed by atoms with Crippen molar-refractivity contribution in [1.29, 1.82) is 0 Å². The summed E-state index contributed by atoms with van der Waals surface area (Å²) in [4.78, 5) is 12.4. The molecule has 35 heavy (non-hydrogen) atoms. The van der Waals surface area contributed by atoms with Gasteiger partial charge in [0, 0.05) is 23.7 Å². The van der Waals surface area contributed by atoms with Crippen molar-refractivity contribution < 1.29 is 26.5 Å². The molecule has 1 amide bonds. The van der Waals surface area contributed by atoms with E-state index in [-0.39, 0.29) is 29.3 Å². The van der Waals surface area contributed by atoms with E-state index in [4.69, 9.17) is 4.52 Å². The van der Waals surface area contributed by atoms with Gasteiger partial charge in [-0.25, -0.2) is 17.2 Å². The largest absolute Gasteiger partial charge is 0.364 e. The summed E-state index contributed by atoms with van der Waals surface area (Å²) in [6.45, 7) is 4.61. The second kappa shape index (κ2) is 9.87. The summed E-state index contributed by atoms with van der Waals surface area (Å²) in [5.74, 6) is -2.01. The maximum Gasteiger partial charge on any atom is 0.256 e. The van der Waals surface area contributed by atoms with Crippen LogP contribution in [0.1, 0.15) is 70.7 Å². The molecule has 4 rings (SSSR count). The summed E-state index contributed by atoms with van der Waals surface area (Å²) in [6.07, 6.45) is 2.25. The lowest BCUT2D eigenvalue weighted by molar-refractivity contribution is 0.0938. The van der Waals surface area contributed by atoms with Crippen LogP contribution in [0.4, 0.5) is 8.78 Å². The number of hydrogen-bond donors (Lipinski definition) is 1. The molecule has 0 saturated carbocycles. The quantitative estimate of drug-likeness (QED) is 0.521. The first-order valence-electron chi connectivity index (χ1n) is 11.3. The van der Waals surface area contributed by atoms with Gasteiger partial charge in [0.15, 0.2) is 0 Å². The lowest BCUT2D eigenvalue weighted by Gasteiger charge is -2.37. The first-order valence-corrected chi connectivity index (χ1v) is 12.8. The number of nitrogens with one attached hydrogen (secondary N) is 1. The summed E-state index contributed by atoms with van der Waals surface area (Å²) in [5.41, 5.74) is 1.14. The van der Waals surface area contributed by atoms with E-state index >= 15 is 8.78 Å². The molecule has 10 heteroatoms. The van der Waals surface area contributed by atoms with Gasteiger partial charge in [0.2, 0.25) is 10.0 Å². The summed E-state index contributed by atoms with van der Waals surface area (Å²) in [5, 5.41) is 5.50. The molecule has 1 saturated heterocycles. The van der Waals surface area contributed by atoms with Crippen LogP contribution in [-0.4, -0.2) is 29.8 Å². The van der Waals surface area contributed by atoms with Crippen molar-refractivity contribution in [2.75, 3.05) is 0 Å². The number of aryl methyl sites for hydroxylation is 1. The minimum absolute atomic E-state index is 0.0505. The Morgan fingerprint density at radius 2 is 1.91 bits per heavy atom. The van der Waals surface area contributed by atoms with E-state index in [0.717, 1.165) is 12.1 Å². The predicted octanol–water partition coefficient (Wildman–Crippen LogP) is 4.81. The van der Waals surface area contributed by atoms with Gasteiger partial charge in [-0.2, -0.15) is 4.31 Å². The molecule has 7 nitrogen and oxygen atoms in total. The predicted molar refractivity (Wildman–Crippen MR) is 126 cm³/mol. The van der Waals surface area contributed by atoms with E-state index in [9.17, 15) is 13.2 Å². The first-order chi connectivity index (χ1) is 16.6. The molecule has 1 aliphatic rings. The highest BCUT2D eigenvalue weighted by molar-refractivity contribution is 7.89. The number of rotatable bonds is 6. The van der Waals surface area contributed by atoms with Gasteiger partial charge in [-0.1, -0.05) is 35.5 Å². The maximum absolute atomic E-state index is 15.1. The Morgan fingerprint density at radius 1 is 1.20 bits per heavy atom. The van der Waals surface area contributed by atoms with Crippen LogP contribution in [0.2, 0.25) is 0 Å². The Hall–Kier alpha value is -3.11. The minimum atomic E-state index is -3.79. The highest BCUT2D eigenvalue weighted by Crippen LogP contribution is 2.38. The third-order valence-electron chi connectivity index (χ3n) is 6.50. The van der Waals surface area contributed by atoms with Crippen molar-refractivity contribution in [3.05, 3.63) is 88.3 Å². The van der Waals surface area contributed by atoms with Gasteiger partial charge in [-0.05, 0) is 51.3 Å². The minimum Gasteiger partial charge on any atom is -0.364 e. The molecule has 0 spiro atoms. The zero-order chi connectivity index (χ0) is 25.3.